The fourth-order valence-electron chi connectivity index (χ4n) is 3.36. The second kappa shape index (κ2) is 9.06. The minimum absolute atomic E-state index is 0.0679. The molecule has 0 aliphatic carbocycles. The Morgan fingerprint density at radius 2 is 1.83 bits per heavy atom. The minimum Gasteiger partial charge on any atom is -0.368 e. The van der Waals surface area contributed by atoms with Crippen molar-refractivity contribution in [1.29, 1.82) is 0 Å². The number of amides is 2. The van der Waals surface area contributed by atoms with Crippen molar-refractivity contribution in [3.8, 4) is 0 Å². The Morgan fingerprint density at radius 1 is 1.17 bits per heavy atom. The molecule has 5 heteroatoms. The molecule has 0 bridgehead atoms. The van der Waals surface area contributed by atoms with E-state index in [4.69, 9.17) is 4.74 Å². The first-order chi connectivity index (χ1) is 11.1. The summed E-state index contributed by atoms with van der Waals surface area (Å²) in [4.78, 5) is 28.4. The molecule has 0 aromatic carbocycles. The van der Waals surface area contributed by atoms with E-state index in [1.165, 1.54) is 0 Å². The van der Waals surface area contributed by atoms with Gasteiger partial charge in [-0.2, -0.15) is 0 Å². The number of carbonyl (C=O) groups excluding carboxylic acids is 2. The summed E-state index contributed by atoms with van der Waals surface area (Å²) in [5, 5.41) is 0. The predicted molar refractivity (Wildman–Crippen MR) is 90.0 cm³/mol. The van der Waals surface area contributed by atoms with Crippen LogP contribution in [0.15, 0.2) is 12.7 Å². The van der Waals surface area contributed by atoms with Crippen molar-refractivity contribution in [2.75, 3.05) is 32.8 Å². The van der Waals surface area contributed by atoms with Gasteiger partial charge in [-0.15, -0.1) is 6.58 Å². The van der Waals surface area contributed by atoms with Gasteiger partial charge in [0, 0.05) is 32.6 Å². The van der Waals surface area contributed by atoms with E-state index in [1.807, 2.05) is 16.7 Å². The molecular formula is C18H30N2O3. The van der Waals surface area contributed by atoms with Crippen LogP contribution >= 0.6 is 0 Å². The first kappa shape index (κ1) is 18.0. The van der Waals surface area contributed by atoms with Gasteiger partial charge >= 0.3 is 0 Å². The average molecular weight is 322 g/mol. The first-order valence-electron chi connectivity index (χ1n) is 8.91. The quantitative estimate of drug-likeness (QED) is 0.533. The van der Waals surface area contributed by atoms with Crippen molar-refractivity contribution in [2.24, 2.45) is 5.92 Å². The lowest BCUT2D eigenvalue weighted by Gasteiger charge is -2.33. The summed E-state index contributed by atoms with van der Waals surface area (Å²) in [7, 11) is 0. The highest BCUT2D eigenvalue weighted by molar-refractivity contribution is 5.80. The fraction of sp³-hybridized carbons (Fsp3) is 0.778. The van der Waals surface area contributed by atoms with Crippen LogP contribution < -0.4 is 0 Å². The summed E-state index contributed by atoms with van der Waals surface area (Å²) in [6, 6.07) is 0. The van der Waals surface area contributed by atoms with Crippen LogP contribution in [0.5, 0.6) is 0 Å². The molecule has 2 amide bonds. The average Bonchev–Trinajstić information content (AvgIpc) is 3.09. The van der Waals surface area contributed by atoms with Gasteiger partial charge in [0.1, 0.15) is 6.10 Å². The molecular weight excluding hydrogens is 292 g/mol. The van der Waals surface area contributed by atoms with Gasteiger partial charge in [-0.05, 0) is 44.9 Å². The van der Waals surface area contributed by atoms with E-state index in [1.54, 1.807) is 6.08 Å². The monoisotopic (exact) mass is 322 g/mol. The first-order valence-corrected chi connectivity index (χ1v) is 8.91. The minimum atomic E-state index is -0.391. The lowest BCUT2D eigenvalue weighted by Crippen LogP contribution is -2.44. The van der Waals surface area contributed by atoms with Gasteiger partial charge in [-0.25, -0.2) is 0 Å². The van der Waals surface area contributed by atoms with Crippen molar-refractivity contribution in [3.63, 3.8) is 0 Å². The molecule has 0 spiro atoms. The van der Waals surface area contributed by atoms with Crippen LogP contribution in [0, 0.1) is 5.92 Å². The predicted octanol–water partition coefficient (Wildman–Crippen LogP) is 2.22. The highest BCUT2D eigenvalue weighted by Crippen LogP contribution is 2.23. The number of likely N-dealkylation sites (tertiary alicyclic amines) is 2. The summed E-state index contributed by atoms with van der Waals surface area (Å²) in [6.07, 6.45) is 6.93. The zero-order valence-corrected chi connectivity index (χ0v) is 14.3. The number of piperidine rings is 1. The third kappa shape index (κ3) is 5.34. The molecule has 5 nitrogen and oxygen atoms in total. The van der Waals surface area contributed by atoms with E-state index in [-0.39, 0.29) is 5.91 Å². The van der Waals surface area contributed by atoms with E-state index in [0.29, 0.717) is 24.9 Å². The van der Waals surface area contributed by atoms with Crippen LogP contribution in [0.3, 0.4) is 0 Å². The van der Waals surface area contributed by atoms with Gasteiger partial charge in [-0.1, -0.05) is 6.08 Å². The zero-order chi connectivity index (χ0) is 16.7. The van der Waals surface area contributed by atoms with Gasteiger partial charge in [0.2, 0.25) is 5.91 Å². The van der Waals surface area contributed by atoms with E-state index in [2.05, 4.69) is 6.58 Å². The molecule has 2 rings (SSSR count). The normalized spacial score (nSPS) is 20.6. The molecule has 2 saturated heterocycles. The maximum atomic E-state index is 12.3. The largest absolute Gasteiger partial charge is 0.368 e. The van der Waals surface area contributed by atoms with E-state index in [0.717, 1.165) is 58.3 Å². The van der Waals surface area contributed by atoms with E-state index < -0.39 is 6.10 Å². The molecule has 0 aromatic rings. The molecule has 2 aliphatic rings. The van der Waals surface area contributed by atoms with Crippen LogP contribution in [0.2, 0.25) is 0 Å². The summed E-state index contributed by atoms with van der Waals surface area (Å²) in [5.41, 5.74) is 0. The molecule has 1 unspecified atom stereocenters. The SMILES string of the molecule is C=CCCOC(C)C(=O)N1CCC(CC(=O)N2CCCC2)CC1. The molecule has 2 aliphatic heterocycles. The molecule has 0 radical (unpaired) electrons. The van der Waals surface area contributed by atoms with Gasteiger partial charge < -0.3 is 14.5 Å². The van der Waals surface area contributed by atoms with E-state index in [9.17, 15) is 9.59 Å². The van der Waals surface area contributed by atoms with E-state index >= 15 is 0 Å². The van der Waals surface area contributed by atoms with Crippen LogP contribution in [0.1, 0.15) is 45.4 Å². The maximum Gasteiger partial charge on any atom is 0.251 e. The highest BCUT2D eigenvalue weighted by atomic mass is 16.5. The van der Waals surface area contributed by atoms with Crippen LogP contribution in [0.25, 0.3) is 0 Å². The third-order valence-corrected chi connectivity index (χ3v) is 4.89. The fourth-order valence-corrected chi connectivity index (χ4v) is 3.36. The van der Waals surface area contributed by atoms with Gasteiger partial charge in [-0.3, -0.25) is 9.59 Å². The Labute approximate surface area is 139 Å². The summed E-state index contributed by atoms with van der Waals surface area (Å²) < 4.78 is 5.53. The molecule has 2 heterocycles. The number of carbonyl (C=O) groups is 2. The lowest BCUT2D eigenvalue weighted by atomic mass is 9.92. The summed E-state index contributed by atoms with van der Waals surface area (Å²) in [6.45, 7) is 9.34. The molecule has 23 heavy (non-hydrogen) atoms. The molecule has 0 aromatic heterocycles. The maximum absolute atomic E-state index is 12.3. The lowest BCUT2D eigenvalue weighted by molar-refractivity contribution is -0.144. The Kier molecular flexibility index (Phi) is 7.09. The molecule has 0 saturated carbocycles. The van der Waals surface area contributed by atoms with Crippen molar-refractivity contribution < 1.29 is 14.3 Å². The zero-order valence-electron chi connectivity index (χ0n) is 14.3. The van der Waals surface area contributed by atoms with Crippen LogP contribution in [0.4, 0.5) is 0 Å². The van der Waals surface area contributed by atoms with Crippen molar-refractivity contribution in [3.05, 3.63) is 12.7 Å². The Morgan fingerprint density at radius 3 is 2.43 bits per heavy atom. The molecule has 0 N–H and O–H groups in total. The molecule has 2 fully saturated rings. The smallest absolute Gasteiger partial charge is 0.251 e. The van der Waals surface area contributed by atoms with Crippen LogP contribution in [-0.2, 0) is 14.3 Å². The summed E-state index contributed by atoms with van der Waals surface area (Å²) >= 11 is 0. The topological polar surface area (TPSA) is 49.9 Å². The third-order valence-electron chi connectivity index (χ3n) is 4.89. The number of ether oxygens (including phenoxy) is 1. The molecule has 1 atom stereocenters. The Hall–Kier alpha value is -1.36. The second-order valence-electron chi connectivity index (χ2n) is 6.65. The van der Waals surface area contributed by atoms with Crippen molar-refractivity contribution in [2.45, 2.75) is 51.6 Å². The van der Waals surface area contributed by atoms with Gasteiger partial charge in [0.05, 0.1) is 6.61 Å². The van der Waals surface area contributed by atoms with Crippen LogP contribution in [-0.4, -0.2) is 60.5 Å². The Balaban J connectivity index is 1.69. The number of nitrogens with zero attached hydrogens (tertiary/aromatic N) is 2. The highest BCUT2D eigenvalue weighted by Gasteiger charge is 2.28. The molecule has 130 valence electrons. The Bertz CT molecular complexity index is 410. The summed E-state index contributed by atoms with van der Waals surface area (Å²) in [5.74, 6) is 0.788. The van der Waals surface area contributed by atoms with Crippen molar-refractivity contribution >= 4 is 11.8 Å². The standard InChI is InChI=1S/C18H30N2O3/c1-3-4-13-23-15(2)18(22)20-11-7-16(8-12-20)14-17(21)19-9-5-6-10-19/h3,15-16H,1,4-14H2,2H3. The number of hydrogen-bond acceptors (Lipinski definition) is 3. The number of rotatable bonds is 7. The second-order valence-corrected chi connectivity index (χ2v) is 6.65. The number of hydrogen-bond donors (Lipinski definition) is 0. The van der Waals surface area contributed by atoms with Crippen molar-refractivity contribution in [1.82, 2.24) is 9.80 Å². The van der Waals surface area contributed by atoms with Gasteiger partial charge in [0.25, 0.3) is 5.91 Å². The van der Waals surface area contributed by atoms with Gasteiger partial charge in [0.15, 0.2) is 0 Å².